The van der Waals surface area contributed by atoms with Crippen LogP contribution in [0.1, 0.15) is 19.8 Å². The Labute approximate surface area is 163 Å². The van der Waals surface area contributed by atoms with E-state index in [2.05, 4.69) is 25.2 Å². The van der Waals surface area contributed by atoms with Gasteiger partial charge >= 0.3 is 0 Å². The highest BCUT2D eigenvalue weighted by Gasteiger charge is 2.31. The number of rotatable bonds is 3. The summed E-state index contributed by atoms with van der Waals surface area (Å²) in [4.78, 5) is 34.0. The van der Waals surface area contributed by atoms with Crippen LogP contribution in [0.2, 0.25) is 0 Å². The maximum atomic E-state index is 12.8. The first kappa shape index (κ1) is 18.3. The summed E-state index contributed by atoms with van der Waals surface area (Å²) < 4.78 is 1.56. The fourth-order valence-electron chi connectivity index (χ4n) is 3.79. The molecule has 10 heteroatoms. The summed E-state index contributed by atoms with van der Waals surface area (Å²) in [5, 5.41) is 12.5. The van der Waals surface area contributed by atoms with Crippen molar-refractivity contribution < 1.29 is 9.59 Å². The molecule has 0 unspecified atom stereocenters. The van der Waals surface area contributed by atoms with Crippen LogP contribution in [0.25, 0.3) is 5.82 Å². The highest BCUT2D eigenvalue weighted by atomic mass is 16.2. The van der Waals surface area contributed by atoms with Crippen molar-refractivity contribution in [3.05, 3.63) is 24.8 Å². The molecular formula is C18H24N8O2. The maximum absolute atomic E-state index is 12.8. The van der Waals surface area contributed by atoms with Crippen molar-refractivity contribution in [2.45, 2.75) is 19.8 Å². The lowest BCUT2D eigenvalue weighted by atomic mass is 9.95. The smallest absolute Gasteiger partial charge is 0.225 e. The molecule has 0 spiro atoms. The Bertz CT molecular complexity index is 807. The summed E-state index contributed by atoms with van der Waals surface area (Å²) in [5.41, 5.74) is 0. The van der Waals surface area contributed by atoms with E-state index in [0.29, 0.717) is 32.0 Å². The standard InChI is InChI=1S/C18H24N8O2/c1-14(27)23-8-10-25(11-9-23)18(28)15-4-6-24(7-5-15)16-2-3-17(22-21-16)26-13-19-12-20-26/h2-3,12-13,15H,4-11H2,1H3. The Hall–Kier alpha value is -3.04. The van der Waals surface area contributed by atoms with E-state index in [1.165, 1.54) is 6.33 Å². The third-order valence-electron chi connectivity index (χ3n) is 5.49. The number of carbonyl (C=O) groups excluding carboxylic acids is 2. The Morgan fingerprint density at radius 3 is 2.14 bits per heavy atom. The van der Waals surface area contributed by atoms with Crippen molar-refractivity contribution in [2.24, 2.45) is 5.92 Å². The van der Waals surface area contributed by atoms with Gasteiger partial charge in [0.05, 0.1) is 0 Å². The molecule has 4 heterocycles. The Morgan fingerprint density at radius 1 is 0.929 bits per heavy atom. The van der Waals surface area contributed by atoms with Crippen molar-refractivity contribution in [3.63, 3.8) is 0 Å². The lowest BCUT2D eigenvalue weighted by Gasteiger charge is -2.38. The normalized spacial score (nSPS) is 18.4. The number of carbonyl (C=O) groups is 2. The fourth-order valence-corrected chi connectivity index (χ4v) is 3.79. The SMILES string of the molecule is CC(=O)N1CCN(C(=O)C2CCN(c3ccc(-n4cncn4)nn3)CC2)CC1. The molecule has 0 atom stereocenters. The number of hydrogen-bond donors (Lipinski definition) is 0. The van der Waals surface area contributed by atoms with E-state index in [0.717, 1.165) is 31.7 Å². The van der Waals surface area contributed by atoms with Crippen LogP contribution in [0.15, 0.2) is 24.8 Å². The van der Waals surface area contributed by atoms with E-state index in [-0.39, 0.29) is 17.7 Å². The van der Waals surface area contributed by atoms with Crippen molar-refractivity contribution in [1.82, 2.24) is 34.8 Å². The van der Waals surface area contributed by atoms with Gasteiger partial charge in [-0.3, -0.25) is 9.59 Å². The first-order chi connectivity index (χ1) is 13.6. The molecule has 10 nitrogen and oxygen atoms in total. The minimum Gasteiger partial charge on any atom is -0.355 e. The molecule has 0 saturated carbocycles. The number of nitrogens with zero attached hydrogens (tertiary/aromatic N) is 8. The highest BCUT2D eigenvalue weighted by molar-refractivity contribution is 5.80. The average molecular weight is 384 g/mol. The van der Waals surface area contributed by atoms with Crippen LogP contribution in [0.5, 0.6) is 0 Å². The van der Waals surface area contributed by atoms with Crippen LogP contribution >= 0.6 is 0 Å². The number of piperidine rings is 1. The van der Waals surface area contributed by atoms with E-state index in [9.17, 15) is 9.59 Å². The minimum absolute atomic E-state index is 0.0440. The number of piperazine rings is 1. The van der Waals surface area contributed by atoms with E-state index in [4.69, 9.17) is 0 Å². The second kappa shape index (κ2) is 7.91. The Kier molecular flexibility index (Phi) is 5.18. The van der Waals surface area contributed by atoms with E-state index in [1.54, 1.807) is 22.8 Å². The molecule has 0 bridgehead atoms. The van der Waals surface area contributed by atoms with Gasteiger partial charge in [0.2, 0.25) is 11.8 Å². The van der Waals surface area contributed by atoms with E-state index < -0.39 is 0 Å². The van der Waals surface area contributed by atoms with E-state index >= 15 is 0 Å². The number of aromatic nitrogens is 5. The molecule has 2 fully saturated rings. The quantitative estimate of drug-likeness (QED) is 0.732. The Morgan fingerprint density at radius 2 is 1.57 bits per heavy atom. The van der Waals surface area contributed by atoms with Gasteiger partial charge in [-0.2, -0.15) is 5.10 Å². The van der Waals surface area contributed by atoms with Gasteiger partial charge in [-0.05, 0) is 25.0 Å². The highest BCUT2D eigenvalue weighted by Crippen LogP contribution is 2.24. The third-order valence-corrected chi connectivity index (χ3v) is 5.49. The van der Waals surface area contributed by atoms with Crippen LogP contribution < -0.4 is 4.90 Å². The second-order valence-electron chi connectivity index (χ2n) is 7.18. The molecule has 28 heavy (non-hydrogen) atoms. The van der Waals surface area contributed by atoms with Gasteiger partial charge in [-0.15, -0.1) is 10.2 Å². The summed E-state index contributed by atoms with van der Waals surface area (Å²) in [5.74, 6) is 1.77. The summed E-state index contributed by atoms with van der Waals surface area (Å²) >= 11 is 0. The zero-order valence-electron chi connectivity index (χ0n) is 15.9. The molecule has 4 rings (SSSR count). The molecule has 2 aliphatic heterocycles. The van der Waals surface area contributed by atoms with Crippen molar-refractivity contribution in [1.29, 1.82) is 0 Å². The van der Waals surface area contributed by atoms with Gasteiger partial charge in [0.1, 0.15) is 12.7 Å². The lowest BCUT2D eigenvalue weighted by Crippen LogP contribution is -2.52. The van der Waals surface area contributed by atoms with Gasteiger partial charge in [-0.25, -0.2) is 9.67 Å². The fraction of sp³-hybridized carbons (Fsp3) is 0.556. The topological polar surface area (TPSA) is 100 Å². The van der Waals surface area contributed by atoms with Gasteiger partial charge in [0.25, 0.3) is 0 Å². The second-order valence-corrected chi connectivity index (χ2v) is 7.18. The first-order valence-electron chi connectivity index (χ1n) is 9.60. The summed E-state index contributed by atoms with van der Waals surface area (Å²) in [6.07, 6.45) is 4.64. The first-order valence-corrected chi connectivity index (χ1v) is 9.60. The molecule has 0 N–H and O–H groups in total. The maximum Gasteiger partial charge on any atom is 0.225 e. The van der Waals surface area contributed by atoms with Crippen LogP contribution in [0, 0.1) is 5.92 Å². The molecule has 2 amide bonds. The van der Waals surface area contributed by atoms with Crippen molar-refractivity contribution in [2.75, 3.05) is 44.2 Å². The summed E-state index contributed by atoms with van der Waals surface area (Å²) in [7, 11) is 0. The minimum atomic E-state index is 0.0440. The Balaban J connectivity index is 1.30. The summed E-state index contributed by atoms with van der Waals surface area (Å²) in [6.45, 7) is 5.67. The third kappa shape index (κ3) is 3.80. The van der Waals surface area contributed by atoms with Crippen LogP contribution in [0.4, 0.5) is 5.82 Å². The van der Waals surface area contributed by atoms with Gasteiger partial charge < -0.3 is 14.7 Å². The number of hydrogen-bond acceptors (Lipinski definition) is 7. The van der Waals surface area contributed by atoms with Gasteiger partial charge in [0.15, 0.2) is 11.6 Å². The molecule has 2 aromatic rings. The van der Waals surface area contributed by atoms with Crippen molar-refractivity contribution >= 4 is 17.6 Å². The van der Waals surface area contributed by atoms with Crippen LogP contribution in [-0.4, -0.2) is 85.8 Å². The number of anilines is 1. The average Bonchev–Trinajstić information content (AvgIpc) is 3.28. The zero-order chi connectivity index (χ0) is 19.5. The van der Waals surface area contributed by atoms with Crippen molar-refractivity contribution in [3.8, 4) is 5.82 Å². The lowest BCUT2D eigenvalue weighted by molar-refractivity contribution is -0.141. The predicted molar refractivity (Wildman–Crippen MR) is 101 cm³/mol. The molecular weight excluding hydrogens is 360 g/mol. The number of amides is 2. The molecule has 0 aromatic carbocycles. The molecule has 2 aliphatic rings. The van der Waals surface area contributed by atoms with Crippen LogP contribution in [-0.2, 0) is 9.59 Å². The molecule has 0 aliphatic carbocycles. The summed E-state index contributed by atoms with van der Waals surface area (Å²) in [6, 6.07) is 3.79. The van der Waals surface area contributed by atoms with Gasteiger partial charge in [-0.1, -0.05) is 0 Å². The monoisotopic (exact) mass is 384 g/mol. The molecule has 0 radical (unpaired) electrons. The largest absolute Gasteiger partial charge is 0.355 e. The van der Waals surface area contributed by atoms with Gasteiger partial charge in [0, 0.05) is 52.1 Å². The predicted octanol–water partition coefficient (Wildman–Crippen LogP) is -0.0356. The molecule has 148 valence electrons. The van der Waals surface area contributed by atoms with Crippen LogP contribution in [0.3, 0.4) is 0 Å². The molecule has 2 saturated heterocycles. The zero-order valence-corrected chi connectivity index (χ0v) is 15.9. The molecule has 2 aromatic heterocycles. The van der Waals surface area contributed by atoms with E-state index in [1.807, 2.05) is 17.0 Å².